The molecule has 0 spiro atoms. The number of carbonyl (C=O) groups excluding carboxylic acids is 2. The first-order valence-corrected chi connectivity index (χ1v) is 9.84. The molecule has 5 atom stereocenters. The summed E-state index contributed by atoms with van der Waals surface area (Å²) >= 11 is 16.5. The number of fused-ring (bicyclic) bond motifs is 1. The normalized spacial score (nSPS) is 30.7. The lowest BCUT2D eigenvalue weighted by Gasteiger charge is -2.45. The van der Waals surface area contributed by atoms with Crippen molar-refractivity contribution in [1.29, 1.82) is 0 Å². The van der Waals surface area contributed by atoms with Crippen LogP contribution >= 0.6 is 34.8 Å². The first-order chi connectivity index (χ1) is 11.6. The number of carbonyl (C=O) groups is 2. The fourth-order valence-electron chi connectivity index (χ4n) is 4.19. The van der Waals surface area contributed by atoms with Crippen LogP contribution in [0.25, 0.3) is 0 Å². The van der Waals surface area contributed by atoms with E-state index >= 15 is 0 Å². The molecule has 2 aliphatic carbocycles. The average molecular weight is 412 g/mol. The van der Waals surface area contributed by atoms with E-state index < -0.39 is 22.5 Å². The Bertz CT molecular complexity index is 541. The fraction of sp³-hybridized carbons (Fsp3) is 0.778. The maximum atomic E-state index is 12.4. The summed E-state index contributed by atoms with van der Waals surface area (Å²) in [6, 6.07) is 0. The summed E-state index contributed by atoms with van der Waals surface area (Å²) in [5.74, 6) is 0.811. The molecule has 1 saturated carbocycles. The van der Waals surface area contributed by atoms with Crippen molar-refractivity contribution in [2.75, 3.05) is 6.61 Å². The largest absolute Gasteiger partial charge is 0.516 e. The highest BCUT2D eigenvalue weighted by atomic mass is 35.6. The second-order valence-corrected chi connectivity index (χ2v) is 9.89. The number of allylic oxidation sites excluding steroid dienone is 2. The van der Waals surface area contributed by atoms with Crippen molar-refractivity contribution in [2.24, 2.45) is 29.6 Å². The van der Waals surface area contributed by atoms with Crippen molar-refractivity contribution in [3.8, 4) is 0 Å². The van der Waals surface area contributed by atoms with Gasteiger partial charge in [0.25, 0.3) is 0 Å². The van der Waals surface area contributed by atoms with Gasteiger partial charge in [0.05, 0.1) is 5.92 Å². The van der Waals surface area contributed by atoms with Crippen LogP contribution < -0.4 is 0 Å². The van der Waals surface area contributed by atoms with Crippen LogP contribution in [-0.2, 0) is 14.3 Å². The van der Waals surface area contributed by atoms with E-state index in [4.69, 9.17) is 39.5 Å². The van der Waals surface area contributed by atoms with Crippen molar-refractivity contribution in [2.45, 2.75) is 50.2 Å². The van der Waals surface area contributed by atoms with Crippen molar-refractivity contribution >= 4 is 46.9 Å². The Hall–Kier alpha value is -0.450. The van der Waals surface area contributed by atoms with Crippen molar-refractivity contribution < 1.29 is 19.1 Å². The third kappa shape index (κ3) is 5.77. The molecule has 0 saturated heterocycles. The van der Waals surface area contributed by atoms with Gasteiger partial charge in [0.2, 0.25) is 3.79 Å². The van der Waals surface area contributed by atoms with E-state index in [1.807, 2.05) is 6.92 Å². The number of ether oxygens (including phenoxy) is 2. The van der Waals surface area contributed by atoms with Gasteiger partial charge in [-0.25, -0.2) is 4.79 Å². The highest BCUT2D eigenvalue weighted by Gasteiger charge is 2.42. The predicted octanol–water partition coefficient (Wildman–Crippen LogP) is 5.69. The number of hydrogen-bond donors (Lipinski definition) is 0. The van der Waals surface area contributed by atoms with Crippen LogP contribution in [0.15, 0.2) is 11.6 Å². The standard InChI is InChI=1S/C18H25Cl3O4/c1-10-4-6-13-11(2)5-7-14(15(13)8-10)12(3)16(22)25-17(23)24-9-18(19,20)21/h8,11-15H,4-7,9H2,1-3H3/t11-,12-,13+,14+,15+/m1/s1. The van der Waals surface area contributed by atoms with Crippen molar-refractivity contribution in [3.05, 3.63) is 11.6 Å². The van der Waals surface area contributed by atoms with E-state index in [0.717, 1.165) is 25.7 Å². The molecule has 0 amide bonds. The van der Waals surface area contributed by atoms with E-state index in [1.165, 1.54) is 5.57 Å². The quantitative estimate of drug-likeness (QED) is 0.259. The molecule has 0 radical (unpaired) electrons. The first kappa shape index (κ1) is 20.9. The Labute approximate surface area is 164 Å². The lowest BCUT2D eigenvalue weighted by molar-refractivity contribution is -0.147. The van der Waals surface area contributed by atoms with Gasteiger partial charge in [0.15, 0.2) is 0 Å². The Morgan fingerprint density at radius 2 is 1.96 bits per heavy atom. The van der Waals surface area contributed by atoms with Crippen LogP contribution in [0.4, 0.5) is 4.79 Å². The highest BCUT2D eigenvalue weighted by molar-refractivity contribution is 6.67. The predicted molar refractivity (Wildman–Crippen MR) is 98.8 cm³/mol. The zero-order valence-electron chi connectivity index (χ0n) is 14.8. The van der Waals surface area contributed by atoms with Crippen LogP contribution in [0, 0.1) is 29.6 Å². The lowest BCUT2D eigenvalue weighted by atomic mass is 9.60. The Morgan fingerprint density at radius 1 is 1.28 bits per heavy atom. The molecule has 0 heterocycles. The summed E-state index contributed by atoms with van der Waals surface area (Å²) < 4.78 is 7.73. The molecule has 0 aromatic rings. The van der Waals surface area contributed by atoms with Gasteiger partial charge in [0.1, 0.15) is 6.61 Å². The molecule has 0 aliphatic heterocycles. The molecule has 142 valence electrons. The average Bonchev–Trinajstić information content (AvgIpc) is 2.52. The minimum absolute atomic E-state index is 0.171. The molecule has 0 unspecified atom stereocenters. The smallest absolute Gasteiger partial charge is 0.429 e. The maximum absolute atomic E-state index is 12.4. The molecular weight excluding hydrogens is 387 g/mol. The van der Waals surface area contributed by atoms with E-state index in [9.17, 15) is 9.59 Å². The monoisotopic (exact) mass is 410 g/mol. The number of esters is 1. The summed E-state index contributed by atoms with van der Waals surface area (Å²) in [6.07, 6.45) is 5.52. The molecule has 2 rings (SSSR count). The maximum Gasteiger partial charge on any atom is 0.516 e. The van der Waals surface area contributed by atoms with Gasteiger partial charge >= 0.3 is 12.1 Å². The number of alkyl halides is 3. The molecule has 0 aromatic heterocycles. The summed E-state index contributed by atoms with van der Waals surface area (Å²) in [7, 11) is 0. The van der Waals surface area contributed by atoms with E-state index in [-0.39, 0.29) is 11.8 Å². The minimum Gasteiger partial charge on any atom is -0.429 e. The molecule has 7 heteroatoms. The van der Waals surface area contributed by atoms with E-state index in [2.05, 4.69) is 24.7 Å². The van der Waals surface area contributed by atoms with Crippen LogP contribution in [0.2, 0.25) is 0 Å². The van der Waals surface area contributed by atoms with Gasteiger partial charge in [-0.3, -0.25) is 4.79 Å². The Morgan fingerprint density at radius 3 is 2.60 bits per heavy atom. The summed E-state index contributed by atoms with van der Waals surface area (Å²) in [5, 5.41) is 0. The fourth-order valence-corrected chi connectivity index (χ4v) is 4.36. The molecule has 0 N–H and O–H groups in total. The molecule has 0 bridgehead atoms. The number of rotatable bonds is 3. The summed E-state index contributed by atoms with van der Waals surface area (Å²) in [6.45, 7) is 5.79. The molecule has 1 fully saturated rings. The summed E-state index contributed by atoms with van der Waals surface area (Å²) in [4.78, 5) is 24.0. The topological polar surface area (TPSA) is 52.6 Å². The van der Waals surface area contributed by atoms with E-state index in [1.54, 1.807) is 0 Å². The van der Waals surface area contributed by atoms with Gasteiger partial charge in [-0.05, 0) is 49.9 Å². The van der Waals surface area contributed by atoms with Gasteiger partial charge < -0.3 is 9.47 Å². The van der Waals surface area contributed by atoms with Crippen molar-refractivity contribution in [1.82, 2.24) is 0 Å². The van der Waals surface area contributed by atoms with E-state index in [0.29, 0.717) is 17.8 Å². The second kappa shape index (κ2) is 8.49. The van der Waals surface area contributed by atoms with Gasteiger partial charge in [-0.15, -0.1) is 0 Å². The van der Waals surface area contributed by atoms with Gasteiger partial charge in [-0.2, -0.15) is 0 Å². The van der Waals surface area contributed by atoms with Gasteiger partial charge in [-0.1, -0.05) is 66.7 Å². The van der Waals surface area contributed by atoms with Crippen LogP contribution in [-0.4, -0.2) is 22.5 Å². The number of halogens is 3. The van der Waals surface area contributed by atoms with Crippen LogP contribution in [0.3, 0.4) is 0 Å². The zero-order valence-corrected chi connectivity index (χ0v) is 17.0. The second-order valence-electron chi connectivity index (χ2n) is 7.38. The van der Waals surface area contributed by atoms with Crippen LogP contribution in [0.5, 0.6) is 0 Å². The summed E-state index contributed by atoms with van der Waals surface area (Å²) in [5.41, 5.74) is 1.38. The third-order valence-corrected chi connectivity index (χ3v) is 5.90. The molecule has 0 aromatic carbocycles. The highest BCUT2D eigenvalue weighted by Crippen LogP contribution is 2.48. The van der Waals surface area contributed by atoms with Gasteiger partial charge in [0, 0.05) is 0 Å². The lowest BCUT2D eigenvalue weighted by Crippen LogP contribution is -2.40. The molecule has 25 heavy (non-hydrogen) atoms. The minimum atomic E-state index is -1.73. The molecule has 4 nitrogen and oxygen atoms in total. The Kier molecular flexibility index (Phi) is 7.09. The first-order valence-electron chi connectivity index (χ1n) is 8.71. The third-order valence-electron chi connectivity index (χ3n) is 5.58. The number of hydrogen-bond acceptors (Lipinski definition) is 4. The molecular formula is C18H25Cl3O4. The zero-order chi connectivity index (χ0) is 18.8. The van der Waals surface area contributed by atoms with Crippen LogP contribution in [0.1, 0.15) is 46.5 Å². The SMILES string of the molecule is CC1=C[C@H]2[C@@H](CC1)[C@H](C)CC[C@H]2[C@@H](C)C(=O)OC(=O)OCC(Cl)(Cl)Cl. The Balaban J connectivity index is 1.98. The molecule has 2 aliphatic rings. The van der Waals surface area contributed by atoms with Crippen molar-refractivity contribution in [3.63, 3.8) is 0 Å².